The number of aromatic amines is 1. The molecule has 2 N–H and O–H groups in total. The molecular formula is C18H19N5O4S. The monoisotopic (exact) mass is 401 g/mol. The van der Waals surface area contributed by atoms with Crippen molar-refractivity contribution in [1.29, 1.82) is 0 Å². The van der Waals surface area contributed by atoms with Crippen molar-refractivity contribution < 1.29 is 9.21 Å². The van der Waals surface area contributed by atoms with Crippen LogP contribution in [0.15, 0.2) is 55.8 Å². The van der Waals surface area contributed by atoms with Crippen molar-refractivity contribution in [2.45, 2.75) is 31.7 Å². The van der Waals surface area contributed by atoms with Crippen LogP contribution in [0.1, 0.15) is 17.0 Å². The van der Waals surface area contributed by atoms with E-state index in [1.165, 1.54) is 22.4 Å². The molecule has 0 atom stereocenters. The predicted molar refractivity (Wildman–Crippen MR) is 103 cm³/mol. The lowest BCUT2D eigenvalue weighted by Gasteiger charge is -2.04. The number of carbonyl (C=O) groups excluding carboxylic acids is 1. The average molecular weight is 401 g/mol. The lowest BCUT2D eigenvalue weighted by molar-refractivity contribution is -0.118. The van der Waals surface area contributed by atoms with E-state index in [4.69, 9.17) is 4.42 Å². The molecule has 0 bridgehead atoms. The van der Waals surface area contributed by atoms with Crippen molar-refractivity contribution in [3.05, 3.63) is 74.4 Å². The number of hydrogen-bond donors (Lipinski definition) is 2. The highest BCUT2D eigenvalue weighted by atomic mass is 32.2. The van der Waals surface area contributed by atoms with E-state index in [9.17, 15) is 14.4 Å². The standard InChI is InChI=1S/C18H19N5O4S/c1-12-2-4-13(5-3-12)10-19-15(25)11-28-18-22-21-16(27-18)7-9-23-8-6-14(24)20-17(23)26/h2-6,8H,7,9-11H2,1H3,(H,19,25)(H,20,24,26). The molecule has 28 heavy (non-hydrogen) atoms. The zero-order valence-electron chi connectivity index (χ0n) is 15.2. The fourth-order valence-corrected chi connectivity index (χ4v) is 2.93. The van der Waals surface area contributed by atoms with E-state index in [1.54, 1.807) is 0 Å². The zero-order valence-corrected chi connectivity index (χ0v) is 16.0. The minimum atomic E-state index is -0.494. The molecule has 146 valence electrons. The lowest BCUT2D eigenvalue weighted by Crippen LogP contribution is -2.29. The highest BCUT2D eigenvalue weighted by Gasteiger charge is 2.10. The van der Waals surface area contributed by atoms with Gasteiger partial charge in [-0.05, 0) is 12.5 Å². The summed E-state index contributed by atoms with van der Waals surface area (Å²) in [6.45, 7) is 2.76. The molecule has 10 heteroatoms. The lowest BCUT2D eigenvalue weighted by atomic mass is 10.1. The summed E-state index contributed by atoms with van der Waals surface area (Å²) in [5.41, 5.74) is 1.26. The van der Waals surface area contributed by atoms with Gasteiger partial charge in [0.1, 0.15) is 0 Å². The Hall–Kier alpha value is -3.14. The molecular weight excluding hydrogens is 382 g/mol. The molecule has 1 amide bonds. The summed E-state index contributed by atoms with van der Waals surface area (Å²) in [6, 6.07) is 9.21. The number of nitrogens with one attached hydrogen (secondary N) is 2. The first-order chi connectivity index (χ1) is 13.5. The maximum absolute atomic E-state index is 12.0. The van der Waals surface area contributed by atoms with Crippen LogP contribution in [0, 0.1) is 6.92 Å². The number of nitrogens with zero attached hydrogens (tertiary/aromatic N) is 3. The normalized spacial score (nSPS) is 10.8. The Morgan fingerprint density at radius 1 is 1.21 bits per heavy atom. The molecule has 0 spiro atoms. The SMILES string of the molecule is Cc1ccc(CNC(=O)CSc2nnc(CCn3ccc(=O)[nH]c3=O)o2)cc1. The molecule has 2 heterocycles. The van der Waals surface area contributed by atoms with Crippen LogP contribution < -0.4 is 16.6 Å². The van der Waals surface area contributed by atoms with Gasteiger partial charge in [-0.3, -0.25) is 14.6 Å². The van der Waals surface area contributed by atoms with E-state index in [0.29, 0.717) is 25.4 Å². The molecule has 0 aliphatic carbocycles. The summed E-state index contributed by atoms with van der Waals surface area (Å²) in [5, 5.41) is 10.9. The van der Waals surface area contributed by atoms with E-state index < -0.39 is 11.2 Å². The third kappa shape index (κ3) is 5.68. The first-order valence-corrected chi connectivity index (χ1v) is 9.55. The molecule has 1 aromatic carbocycles. The van der Waals surface area contributed by atoms with Gasteiger partial charge in [-0.1, -0.05) is 41.6 Å². The quantitative estimate of drug-likeness (QED) is 0.537. The molecule has 0 aliphatic rings. The number of H-pyrrole nitrogens is 1. The minimum absolute atomic E-state index is 0.134. The predicted octanol–water partition coefficient (Wildman–Crippen LogP) is 0.879. The van der Waals surface area contributed by atoms with Crippen LogP contribution in [0.5, 0.6) is 0 Å². The minimum Gasteiger partial charge on any atom is -0.416 e. The van der Waals surface area contributed by atoms with Gasteiger partial charge in [0, 0.05) is 31.8 Å². The van der Waals surface area contributed by atoms with Crippen LogP contribution in [0.25, 0.3) is 0 Å². The molecule has 0 saturated carbocycles. The Morgan fingerprint density at radius 3 is 2.75 bits per heavy atom. The molecule has 0 radical (unpaired) electrons. The third-order valence-electron chi connectivity index (χ3n) is 3.85. The van der Waals surface area contributed by atoms with Gasteiger partial charge in [0.15, 0.2) is 0 Å². The van der Waals surface area contributed by atoms with Crippen LogP contribution in [0.3, 0.4) is 0 Å². The Kier molecular flexibility index (Phi) is 6.43. The second-order valence-electron chi connectivity index (χ2n) is 6.07. The highest BCUT2D eigenvalue weighted by molar-refractivity contribution is 7.99. The van der Waals surface area contributed by atoms with E-state index in [-0.39, 0.29) is 16.9 Å². The molecule has 3 aromatic rings. The molecule has 3 rings (SSSR count). The number of aromatic nitrogens is 4. The van der Waals surface area contributed by atoms with Gasteiger partial charge < -0.3 is 14.3 Å². The number of hydrogen-bond acceptors (Lipinski definition) is 7. The Morgan fingerprint density at radius 2 is 2.00 bits per heavy atom. The van der Waals surface area contributed by atoms with E-state index in [1.807, 2.05) is 31.2 Å². The largest absolute Gasteiger partial charge is 0.416 e. The Bertz CT molecular complexity index is 1050. The summed E-state index contributed by atoms with van der Waals surface area (Å²) in [7, 11) is 0. The van der Waals surface area contributed by atoms with Gasteiger partial charge in [0.25, 0.3) is 10.8 Å². The van der Waals surface area contributed by atoms with Crippen LogP contribution in [-0.2, 0) is 24.3 Å². The van der Waals surface area contributed by atoms with E-state index in [0.717, 1.165) is 17.3 Å². The summed E-state index contributed by atoms with van der Waals surface area (Å²) >= 11 is 1.15. The van der Waals surface area contributed by atoms with Crippen molar-refractivity contribution in [1.82, 2.24) is 25.1 Å². The van der Waals surface area contributed by atoms with Gasteiger partial charge in [-0.15, -0.1) is 10.2 Å². The number of carbonyl (C=O) groups is 1. The highest BCUT2D eigenvalue weighted by Crippen LogP contribution is 2.16. The summed E-state index contributed by atoms with van der Waals surface area (Å²) in [4.78, 5) is 36.8. The number of thioether (sulfide) groups is 1. The van der Waals surface area contributed by atoms with Crippen LogP contribution in [0.4, 0.5) is 0 Å². The first kappa shape index (κ1) is 19.6. The summed E-state index contributed by atoms with van der Waals surface area (Å²) in [5.74, 6) is 0.373. The smallest absolute Gasteiger partial charge is 0.328 e. The second-order valence-corrected chi connectivity index (χ2v) is 6.99. The molecule has 9 nitrogen and oxygen atoms in total. The van der Waals surface area contributed by atoms with Crippen molar-refractivity contribution in [3.8, 4) is 0 Å². The molecule has 2 aromatic heterocycles. The Labute approximate surface area is 164 Å². The number of aryl methyl sites for hydroxylation is 3. The van der Waals surface area contributed by atoms with Crippen LogP contribution >= 0.6 is 11.8 Å². The van der Waals surface area contributed by atoms with Crippen molar-refractivity contribution in [3.63, 3.8) is 0 Å². The third-order valence-corrected chi connectivity index (χ3v) is 4.67. The van der Waals surface area contributed by atoms with E-state index in [2.05, 4.69) is 20.5 Å². The van der Waals surface area contributed by atoms with Gasteiger partial charge in [0.05, 0.1) is 5.75 Å². The molecule has 0 aliphatic heterocycles. The maximum Gasteiger partial charge on any atom is 0.328 e. The van der Waals surface area contributed by atoms with Gasteiger partial charge >= 0.3 is 5.69 Å². The molecule has 0 fully saturated rings. The fourth-order valence-electron chi connectivity index (χ4n) is 2.32. The van der Waals surface area contributed by atoms with Crippen molar-refractivity contribution in [2.24, 2.45) is 0 Å². The van der Waals surface area contributed by atoms with Gasteiger partial charge in [0.2, 0.25) is 11.8 Å². The van der Waals surface area contributed by atoms with Crippen LogP contribution in [0.2, 0.25) is 0 Å². The zero-order chi connectivity index (χ0) is 19.9. The number of benzene rings is 1. The molecule has 0 unspecified atom stereocenters. The van der Waals surface area contributed by atoms with E-state index >= 15 is 0 Å². The summed E-state index contributed by atoms with van der Waals surface area (Å²) in [6.07, 6.45) is 1.74. The van der Waals surface area contributed by atoms with Crippen molar-refractivity contribution >= 4 is 17.7 Å². The van der Waals surface area contributed by atoms with Crippen molar-refractivity contribution in [2.75, 3.05) is 5.75 Å². The first-order valence-electron chi connectivity index (χ1n) is 8.57. The molecule has 0 saturated heterocycles. The second kappa shape index (κ2) is 9.18. The Balaban J connectivity index is 1.43. The maximum atomic E-state index is 12.0. The fraction of sp³-hybridized carbons (Fsp3) is 0.278. The summed E-state index contributed by atoms with van der Waals surface area (Å²) < 4.78 is 6.81. The van der Waals surface area contributed by atoms with Gasteiger partial charge in [-0.25, -0.2) is 4.79 Å². The van der Waals surface area contributed by atoms with Gasteiger partial charge in [-0.2, -0.15) is 0 Å². The van der Waals surface area contributed by atoms with Crippen LogP contribution in [-0.4, -0.2) is 31.4 Å². The number of amides is 1. The number of rotatable bonds is 8. The average Bonchev–Trinajstić information content (AvgIpc) is 3.13. The topological polar surface area (TPSA) is 123 Å².